The molecule has 0 spiro atoms. The SMILES string of the molecule is C=CCOc1ccccc1OCC(=O)Nc1cccc(C(=O)OC)c1O. The average Bonchev–Trinajstić information content (AvgIpc) is 2.66. The number of ether oxygens (including phenoxy) is 3. The minimum absolute atomic E-state index is 0.0469. The van der Waals surface area contributed by atoms with E-state index in [0.29, 0.717) is 18.1 Å². The van der Waals surface area contributed by atoms with Crippen molar-refractivity contribution in [2.75, 3.05) is 25.6 Å². The molecule has 0 saturated heterocycles. The van der Waals surface area contributed by atoms with Gasteiger partial charge < -0.3 is 24.6 Å². The number of phenols is 1. The number of rotatable bonds is 8. The van der Waals surface area contributed by atoms with Crippen molar-refractivity contribution in [1.29, 1.82) is 0 Å². The first-order chi connectivity index (χ1) is 12.6. The van der Waals surface area contributed by atoms with Crippen molar-refractivity contribution in [3.63, 3.8) is 0 Å². The van der Waals surface area contributed by atoms with E-state index in [9.17, 15) is 14.7 Å². The molecule has 0 aliphatic heterocycles. The fourth-order valence-corrected chi connectivity index (χ4v) is 2.09. The second-order valence-corrected chi connectivity index (χ2v) is 5.08. The van der Waals surface area contributed by atoms with Gasteiger partial charge in [-0.1, -0.05) is 30.9 Å². The Morgan fingerprint density at radius 1 is 1.12 bits per heavy atom. The number of benzene rings is 2. The van der Waals surface area contributed by atoms with Gasteiger partial charge in [-0.15, -0.1) is 0 Å². The molecule has 2 N–H and O–H groups in total. The number of anilines is 1. The second kappa shape index (κ2) is 9.12. The highest BCUT2D eigenvalue weighted by Crippen LogP contribution is 2.29. The molecule has 0 saturated carbocycles. The smallest absolute Gasteiger partial charge is 0.341 e. The van der Waals surface area contributed by atoms with Gasteiger partial charge in [-0.05, 0) is 24.3 Å². The number of hydrogen-bond acceptors (Lipinski definition) is 6. The Labute approximate surface area is 150 Å². The zero-order valence-corrected chi connectivity index (χ0v) is 14.2. The van der Waals surface area contributed by atoms with Crippen LogP contribution in [0, 0.1) is 0 Å². The van der Waals surface area contributed by atoms with Gasteiger partial charge in [-0.2, -0.15) is 0 Å². The van der Waals surface area contributed by atoms with Crippen molar-refractivity contribution >= 4 is 17.6 Å². The van der Waals surface area contributed by atoms with E-state index in [0.717, 1.165) is 0 Å². The quantitative estimate of drug-likeness (QED) is 0.429. The highest BCUT2D eigenvalue weighted by Gasteiger charge is 2.16. The molecule has 1 amide bonds. The van der Waals surface area contributed by atoms with Crippen LogP contribution >= 0.6 is 0 Å². The third kappa shape index (κ3) is 4.76. The second-order valence-electron chi connectivity index (χ2n) is 5.08. The number of phenolic OH excluding ortho intramolecular Hbond substituents is 1. The molecule has 0 radical (unpaired) electrons. The van der Waals surface area contributed by atoms with Gasteiger partial charge in [-0.25, -0.2) is 4.79 Å². The van der Waals surface area contributed by atoms with Crippen molar-refractivity contribution in [3.8, 4) is 17.2 Å². The van der Waals surface area contributed by atoms with Crippen LogP contribution in [0.25, 0.3) is 0 Å². The summed E-state index contributed by atoms with van der Waals surface area (Å²) in [5.41, 5.74) is 0.0343. The first kappa shape index (κ1) is 18.9. The van der Waals surface area contributed by atoms with E-state index in [1.165, 1.54) is 25.3 Å². The molecular weight excluding hydrogens is 338 g/mol. The first-order valence-electron chi connectivity index (χ1n) is 7.72. The normalized spacial score (nSPS) is 9.88. The zero-order chi connectivity index (χ0) is 18.9. The lowest BCUT2D eigenvalue weighted by atomic mass is 10.1. The molecule has 26 heavy (non-hydrogen) atoms. The van der Waals surface area contributed by atoms with Crippen LogP contribution in [0.5, 0.6) is 17.2 Å². The number of nitrogens with one attached hydrogen (secondary N) is 1. The van der Waals surface area contributed by atoms with Crippen LogP contribution in [0.1, 0.15) is 10.4 Å². The number of hydrogen-bond donors (Lipinski definition) is 2. The van der Waals surface area contributed by atoms with E-state index < -0.39 is 11.9 Å². The molecule has 7 nitrogen and oxygen atoms in total. The summed E-state index contributed by atoms with van der Waals surface area (Å²) in [5, 5.41) is 12.6. The van der Waals surface area contributed by atoms with E-state index in [4.69, 9.17) is 9.47 Å². The number of amides is 1. The Balaban J connectivity index is 2.02. The maximum atomic E-state index is 12.1. The number of methoxy groups -OCH3 is 1. The predicted octanol–water partition coefficient (Wildman–Crippen LogP) is 2.76. The molecule has 0 heterocycles. The van der Waals surface area contributed by atoms with Gasteiger partial charge in [-0.3, -0.25) is 4.79 Å². The van der Waals surface area contributed by atoms with Crippen LogP contribution in [0.4, 0.5) is 5.69 Å². The summed E-state index contributed by atoms with van der Waals surface area (Å²) in [6.45, 7) is 3.57. The van der Waals surface area contributed by atoms with Gasteiger partial charge in [0.05, 0.1) is 12.8 Å². The van der Waals surface area contributed by atoms with Crippen molar-refractivity contribution < 1.29 is 28.9 Å². The number of aromatic hydroxyl groups is 1. The average molecular weight is 357 g/mol. The van der Waals surface area contributed by atoms with E-state index in [2.05, 4.69) is 16.6 Å². The molecule has 2 aromatic carbocycles. The van der Waals surface area contributed by atoms with Gasteiger partial charge in [0.2, 0.25) is 0 Å². The summed E-state index contributed by atoms with van der Waals surface area (Å²) in [4.78, 5) is 23.7. The molecule has 0 aromatic heterocycles. The Bertz CT molecular complexity index is 802. The zero-order valence-electron chi connectivity index (χ0n) is 14.2. The van der Waals surface area contributed by atoms with Crippen LogP contribution in [-0.4, -0.2) is 37.3 Å². The lowest BCUT2D eigenvalue weighted by Gasteiger charge is -2.13. The van der Waals surface area contributed by atoms with Crippen molar-refractivity contribution in [2.45, 2.75) is 0 Å². The third-order valence-corrected chi connectivity index (χ3v) is 3.28. The summed E-state index contributed by atoms with van der Waals surface area (Å²) in [5.74, 6) is -0.709. The van der Waals surface area contributed by atoms with E-state index >= 15 is 0 Å². The summed E-state index contributed by atoms with van der Waals surface area (Å²) < 4.78 is 15.5. The molecule has 0 unspecified atom stereocenters. The molecule has 7 heteroatoms. The summed E-state index contributed by atoms with van der Waals surface area (Å²) in [6, 6.07) is 11.3. The molecule has 0 aliphatic carbocycles. The molecule has 136 valence electrons. The standard InChI is InChI=1S/C19H19NO6/c1-3-11-25-15-9-4-5-10-16(15)26-12-17(21)20-14-8-6-7-13(18(14)22)19(23)24-2/h3-10,22H,1,11-12H2,2H3,(H,20,21). The van der Waals surface area contributed by atoms with Gasteiger partial charge in [0.1, 0.15) is 12.2 Å². The molecule has 2 rings (SSSR count). The van der Waals surface area contributed by atoms with E-state index in [1.54, 1.807) is 30.3 Å². The molecular formula is C19H19NO6. The topological polar surface area (TPSA) is 94.1 Å². The third-order valence-electron chi connectivity index (χ3n) is 3.28. The number of para-hydroxylation sites is 3. The molecule has 0 bridgehead atoms. The van der Waals surface area contributed by atoms with Crippen LogP contribution in [0.15, 0.2) is 55.1 Å². The predicted molar refractivity (Wildman–Crippen MR) is 95.7 cm³/mol. The van der Waals surface area contributed by atoms with Crippen LogP contribution in [0.3, 0.4) is 0 Å². The fourth-order valence-electron chi connectivity index (χ4n) is 2.09. The molecule has 2 aromatic rings. The monoisotopic (exact) mass is 357 g/mol. The van der Waals surface area contributed by atoms with E-state index in [1.807, 2.05) is 0 Å². The Morgan fingerprint density at radius 2 is 1.81 bits per heavy atom. The Hall–Kier alpha value is -3.48. The number of esters is 1. The highest BCUT2D eigenvalue weighted by molar-refractivity contribution is 5.98. The Morgan fingerprint density at radius 3 is 2.46 bits per heavy atom. The van der Waals surface area contributed by atoms with Crippen LogP contribution in [-0.2, 0) is 9.53 Å². The van der Waals surface area contributed by atoms with Gasteiger partial charge in [0.15, 0.2) is 23.9 Å². The fraction of sp³-hybridized carbons (Fsp3) is 0.158. The van der Waals surface area contributed by atoms with Crippen molar-refractivity contribution in [3.05, 3.63) is 60.7 Å². The summed E-state index contributed by atoms with van der Waals surface area (Å²) in [7, 11) is 1.20. The largest absolute Gasteiger partial charge is 0.505 e. The van der Waals surface area contributed by atoms with Gasteiger partial charge in [0.25, 0.3) is 5.91 Å². The van der Waals surface area contributed by atoms with Crippen LogP contribution in [0.2, 0.25) is 0 Å². The molecule has 0 atom stereocenters. The lowest BCUT2D eigenvalue weighted by molar-refractivity contribution is -0.118. The summed E-state index contributed by atoms with van der Waals surface area (Å²) >= 11 is 0. The van der Waals surface area contributed by atoms with Gasteiger partial charge >= 0.3 is 5.97 Å². The first-order valence-corrected chi connectivity index (χ1v) is 7.72. The van der Waals surface area contributed by atoms with Crippen molar-refractivity contribution in [1.82, 2.24) is 0 Å². The minimum atomic E-state index is -0.705. The van der Waals surface area contributed by atoms with Crippen LogP contribution < -0.4 is 14.8 Å². The summed E-state index contributed by atoms with van der Waals surface area (Å²) in [6.07, 6.45) is 1.60. The lowest BCUT2D eigenvalue weighted by Crippen LogP contribution is -2.20. The minimum Gasteiger partial charge on any atom is -0.505 e. The number of carbonyl (C=O) groups is 2. The van der Waals surface area contributed by atoms with Crippen molar-refractivity contribution in [2.24, 2.45) is 0 Å². The molecule has 0 aliphatic rings. The maximum Gasteiger partial charge on any atom is 0.341 e. The Kier molecular flexibility index (Phi) is 6.61. The molecule has 0 fully saturated rings. The number of carbonyl (C=O) groups excluding carboxylic acids is 2. The highest BCUT2D eigenvalue weighted by atomic mass is 16.5. The van der Waals surface area contributed by atoms with Gasteiger partial charge in [0, 0.05) is 0 Å². The maximum absolute atomic E-state index is 12.1. The van der Waals surface area contributed by atoms with E-state index in [-0.39, 0.29) is 23.6 Å².